The maximum atomic E-state index is 10.8. The van der Waals surface area contributed by atoms with Gasteiger partial charge in [0.25, 0.3) is 0 Å². The zero-order chi connectivity index (χ0) is 11.0. The van der Waals surface area contributed by atoms with Crippen LogP contribution in [0.3, 0.4) is 0 Å². The Morgan fingerprint density at radius 2 is 2.20 bits per heavy atom. The topological polar surface area (TPSA) is 44.1 Å². The van der Waals surface area contributed by atoms with Gasteiger partial charge in [-0.25, -0.2) is 0 Å². The molecule has 0 fully saturated rings. The maximum Gasteiger partial charge on any atom is 0.155 e. The van der Waals surface area contributed by atoms with Crippen LogP contribution in [-0.4, -0.2) is 23.2 Å². The number of carbonyl (C=O) groups is 1. The molecule has 0 aliphatic carbocycles. The first kappa shape index (κ1) is 9.71. The van der Waals surface area contributed by atoms with Crippen LogP contribution in [0.1, 0.15) is 16.1 Å². The Labute approximate surface area is 87.5 Å². The first-order valence-corrected chi connectivity index (χ1v) is 4.64. The maximum absolute atomic E-state index is 10.8. The predicted octanol–water partition coefficient (Wildman–Crippen LogP) is 1.70. The predicted molar refractivity (Wildman–Crippen MR) is 57.4 cm³/mol. The van der Waals surface area contributed by atoms with E-state index in [9.17, 15) is 4.79 Å². The molecule has 2 aromatic rings. The first-order chi connectivity index (χ1) is 7.19. The second-order valence-electron chi connectivity index (χ2n) is 3.41. The SMILES string of the molecule is COc1c(C=O)ccc2c(C)nn(C)c12. The average Bonchev–Trinajstić information content (AvgIpc) is 2.53. The van der Waals surface area contributed by atoms with Gasteiger partial charge in [-0.2, -0.15) is 5.10 Å². The summed E-state index contributed by atoms with van der Waals surface area (Å²) in [4.78, 5) is 10.8. The van der Waals surface area contributed by atoms with Crippen molar-refractivity contribution >= 4 is 17.2 Å². The number of aldehydes is 1. The number of hydrogen-bond donors (Lipinski definition) is 0. The summed E-state index contributed by atoms with van der Waals surface area (Å²) in [5.41, 5.74) is 2.34. The summed E-state index contributed by atoms with van der Waals surface area (Å²) in [5, 5.41) is 5.31. The van der Waals surface area contributed by atoms with Crippen LogP contribution in [-0.2, 0) is 7.05 Å². The lowest BCUT2D eigenvalue weighted by Gasteiger charge is -2.05. The van der Waals surface area contributed by atoms with E-state index < -0.39 is 0 Å². The summed E-state index contributed by atoms with van der Waals surface area (Å²) in [6.45, 7) is 1.93. The fourth-order valence-corrected chi connectivity index (χ4v) is 1.84. The van der Waals surface area contributed by atoms with Crippen molar-refractivity contribution in [2.45, 2.75) is 6.92 Å². The largest absolute Gasteiger partial charge is 0.494 e. The van der Waals surface area contributed by atoms with E-state index in [1.807, 2.05) is 20.0 Å². The highest BCUT2D eigenvalue weighted by Crippen LogP contribution is 2.29. The van der Waals surface area contributed by atoms with Crippen molar-refractivity contribution in [1.82, 2.24) is 9.78 Å². The van der Waals surface area contributed by atoms with Gasteiger partial charge in [-0.15, -0.1) is 0 Å². The average molecular weight is 204 g/mol. The normalized spacial score (nSPS) is 10.6. The minimum Gasteiger partial charge on any atom is -0.494 e. The van der Waals surface area contributed by atoms with E-state index in [-0.39, 0.29) is 0 Å². The van der Waals surface area contributed by atoms with Gasteiger partial charge in [0, 0.05) is 12.4 Å². The lowest BCUT2D eigenvalue weighted by molar-refractivity contribution is 0.112. The Balaban J connectivity index is 2.92. The van der Waals surface area contributed by atoms with Gasteiger partial charge < -0.3 is 4.74 Å². The summed E-state index contributed by atoms with van der Waals surface area (Å²) in [5.74, 6) is 0.589. The molecule has 0 radical (unpaired) electrons. The summed E-state index contributed by atoms with van der Waals surface area (Å²) in [6.07, 6.45) is 0.792. The lowest BCUT2D eigenvalue weighted by Crippen LogP contribution is -1.96. The van der Waals surface area contributed by atoms with E-state index in [2.05, 4.69) is 5.10 Å². The van der Waals surface area contributed by atoms with Crippen molar-refractivity contribution < 1.29 is 9.53 Å². The fourth-order valence-electron chi connectivity index (χ4n) is 1.84. The van der Waals surface area contributed by atoms with Gasteiger partial charge in [0.2, 0.25) is 0 Å². The van der Waals surface area contributed by atoms with E-state index in [4.69, 9.17) is 4.74 Å². The molecule has 2 rings (SSSR count). The second-order valence-corrected chi connectivity index (χ2v) is 3.41. The summed E-state index contributed by atoms with van der Waals surface area (Å²) < 4.78 is 6.98. The number of aryl methyl sites for hydroxylation is 2. The number of fused-ring (bicyclic) bond motifs is 1. The number of hydrogen-bond acceptors (Lipinski definition) is 3. The summed E-state index contributed by atoms with van der Waals surface area (Å²) in [7, 11) is 3.40. The quantitative estimate of drug-likeness (QED) is 0.699. The highest BCUT2D eigenvalue weighted by Gasteiger charge is 2.13. The van der Waals surface area contributed by atoms with Crippen molar-refractivity contribution in [2.24, 2.45) is 7.05 Å². The molecule has 1 aromatic carbocycles. The van der Waals surface area contributed by atoms with Gasteiger partial charge in [0.05, 0.1) is 18.4 Å². The van der Waals surface area contributed by atoms with Crippen molar-refractivity contribution in [3.8, 4) is 5.75 Å². The van der Waals surface area contributed by atoms with Crippen LogP contribution < -0.4 is 4.74 Å². The molecule has 4 nitrogen and oxygen atoms in total. The molecular formula is C11H12N2O2. The monoisotopic (exact) mass is 204 g/mol. The van der Waals surface area contributed by atoms with E-state index >= 15 is 0 Å². The molecule has 0 saturated carbocycles. The molecule has 4 heteroatoms. The standard InChI is InChI=1S/C11H12N2O2/c1-7-9-5-4-8(6-14)11(15-3)10(9)13(2)12-7/h4-6H,1-3H3. The Morgan fingerprint density at radius 1 is 1.47 bits per heavy atom. The van der Waals surface area contributed by atoms with E-state index in [1.165, 1.54) is 0 Å². The van der Waals surface area contributed by atoms with Crippen LogP contribution in [0.25, 0.3) is 10.9 Å². The fraction of sp³-hybridized carbons (Fsp3) is 0.273. The molecule has 1 heterocycles. The number of nitrogens with zero attached hydrogens (tertiary/aromatic N) is 2. The van der Waals surface area contributed by atoms with Crippen LogP contribution in [0.15, 0.2) is 12.1 Å². The molecule has 15 heavy (non-hydrogen) atoms. The van der Waals surface area contributed by atoms with Crippen LogP contribution in [0.5, 0.6) is 5.75 Å². The molecule has 0 bridgehead atoms. The molecule has 0 aliphatic rings. The number of aromatic nitrogens is 2. The van der Waals surface area contributed by atoms with E-state index in [0.717, 1.165) is 22.9 Å². The summed E-state index contributed by atoms with van der Waals surface area (Å²) >= 11 is 0. The minimum absolute atomic E-state index is 0.549. The minimum atomic E-state index is 0.549. The number of benzene rings is 1. The van der Waals surface area contributed by atoms with Crippen molar-refractivity contribution in [1.29, 1.82) is 0 Å². The van der Waals surface area contributed by atoms with Gasteiger partial charge in [0.15, 0.2) is 12.0 Å². The first-order valence-electron chi connectivity index (χ1n) is 4.64. The molecule has 0 atom stereocenters. The van der Waals surface area contributed by atoms with Crippen molar-refractivity contribution in [3.63, 3.8) is 0 Å². The van der Waals surface area contributed by atoms with Gasteiger partial charge >= 0.3 is 0 Å². The van der Waals surface area contributed by atoms with E-state index in [1.54, 1.807) is 17.9 Å². The smallest absolute Gasteiger partial charge is 0.155 e. The van der Waals surface area contributed by atoms with E-state index in [0.29, 0.717) is 11.3 Å². The van der Waals surface area contributed by atoms with Crippen molar-refractivity contribution in [3.05, 3.63) is 23.4 Å². The van der Waals surface area contributed by atoms with Crippen LogP contribution in [0.2, 0.25) is 0 Å². The Hall–Kier alpha value is -1.84. The molecule has 0 aliphatic heterocycles. The van der Waals surface area contributed by atoms with Crippen LogP contribution >= 0.6 is 0 Å². The highest BCUT2D eigenvalue weighted by atomic mass is 16.5. The molecular weight excluding hydrogens is 192 g/mol. The van der Waals surface area contributed by atoms with Crippen LogP contribution in [0, 0.1) is 6.92 Å². The molecule has 0 saturated heterocycles. The van der Waals surface area contributed by atoms with Gasteiger partial charge in [-0.05, 0) is 19.1 Å². The number of methoxy groups -OCH3 is 1. The zero-order valence-electron chi connectivity index (χ0n) is 8.94. The third-order valence-corrected chi connectivity index (χ3v) is 2.51. The molecule has 0 amide bonds. The Morgan fingerprint density at radius 3 is 2.80 bits per heavy atom. The number of carbonyl (C=O) groups excluding carboxylic acids is 1. The number of rotatable bonds is 2. The summed E-state index contributed by atoms with van der Waals surface area (Å²) in [6, 6.07) is 3.65. The van der Waals surface area contributed by atoms with Crippen molar-refractivity contribution in [2.75, 3.05) is 7.11 Å². The molecule has 0 unspecified atom stereocenters. The highest BCUT2D eigenvalue weighted by molar-refractivity contribution is 5.95. The third kappa shape index (κ3) is 1.29. The lowest BCUT2D eigenvalue weighted by atomic mass is 10.1. The Bertz CT molecular complexity index is 529. The molecule has 78 valence electrons. The second kappa shape index (κ2) is 3.38. The molecule has 0 spiro atoms. The van der Waals surface area contributed by atoms with Gasteiger partial charge in [-0.3, -0.25) is 9.48 Å². The molecule has 1 aromatic heterocycles. The zero-order valence-corrected chi connectivity index (χ0v) is 8.94. The third-order valence-electron chi connectivity index (χ3n) is 2.51. The molecule has 0 N–H and O–H groups in total. The number of ether oxygens (including phenoxy) is 1. The van der Waals surface area contributed by atoms with Gasteiger partial charge in [0.1, 0.15) is 5.52 Å². The van der Waals surface area contributed by atoms with Gasteiger partial charge in [-0.1, -0.05) is 0 Å². The Kier molecular flexibility index (Phi) is 2.19. The van der Waals surface area contributed by atoms with Crippen LogP contribution in [0.4, 0.5) is 0 Å².